The van der Waals surface area contributed by atoms with Crippen molar-refractivity contribution in [2.75, 3.05) is 5.32 Å². The van der Waals surface area contributed by atoms with Gasteiger partial charge in [0.25, 0.3) is 5.91 Å². The molecule has 0 aliphatic rings. The molecule has 0 bridgehead atoms. The Morgan fingerprint density at radius 1 is 1.14 bits per heavy atom. The number of rotatable bonds is 2. The van der Waals surface area contributed by atoms with Gasteiger partial charge in [-0.05, 0) is 38.1 Å². The Labute approximate surface area is 127 Å². The van der Waals surface area contributed by atoms with Gasteiger partial charge in [-0.25, -0.2) is 4.98 Å². The zero-order valence-electron chi connectivity index (χ0n) is 11.7. The highest BCUT2D eigenvalue weighted by molar-refractivity contribution is 6.30. The number of imidazole rings is 1. The zero-order valence-corrected chi connectivity index (χ0v) is 12.5. The number of amides is 1. The maximum absolute atomic E-state index is 12.5. The molecule has 3 rings (SSSR count). The van der Waals surface area contributed by atoms with Crippen LogP contribution in [0.15, 0.2) is 42.6 Å². The average molecular weight is 300 g/mol. The summed E-state index contributed by atoms with van der Waals surface area (Å²) in [7, 11) is 0. The monoisotopic (exact) mass is 299 g/mol. The molecule has 106 valence electrons. The standard InChI is InChI=1S/C16H14ClN3O/c1-10-3-6-13(7-4-10)19-16(21)15-11(2)18-14-8-5-12(17)9-20(14)15/h3-9H,1-2H3,(H,19,21). The largest absolute Gasteiger partial charge is 0.321 e. The predicted octanol–water partition coefficient (Wildman–Crippen LogP) is 3.86. The Morgan fingerprint density at radius 3 is 2.57 bits per heavy atom. The van der Waals surface area contributed by atoms with Crippen molar-refractivity contribution in [2.24, 2.45) is 0 Å². The van der Waals surface area contributed by atoms with Gasteiger partial charge < -0.3 is 5.32 Å². The lowest BCUT2D eigenvalue weighted by Gasteiger charge is -2.06. The van der Waals surface area contributed by atoms with Gasteiger partial charge >= 0.3 is 0 Å². The fourth-order valence-electron chi connectivity index (χ4n) is 2.24. The van der Waals surface area contributed by atoms with Crippen LogP contribution in [0.2, 0.25) is 5.02 Å². The second-order valence-corrected chi connectivity index (χ2v) is 5.38. The number of pyridine rings is 1. The zero-order chi connectivity index (χ0) is 15.0. The summed E-state index contributed by atoms with van der Waals surface area (Å²) in [4.78, 5) is 16.9. The predicted molar refractivity (Wildman–Crippen MR) is 84.1 cm³/mol. The molecular formula is C16H14ClN3O. The molecule has 0 aliphatic heterocycles. The summed E-state index contributed by atoms with van der Waals surface area (Å²) in [6.45, 7) is 3.81. The van der Waals surface area contributed by atoms with Crippen molar-refractivity contribution in [3.63, 3.8) is 0 Å². The topological polar surface area (TPSA) is 46.4 Å². The summed E-state index contributed by atoms with van der Waals surface area (Å²) in [5.41, 5.74) is 3.76. The highest BCUT2D eigenvalue weighted by atomic mass is 35.5. The van der Waals surface area contributed by atoms with Gasteiger partial charge in [0.1, 0.15) is 11.3 Å². The van der Waals surface area contributed by atoms with Crippen molar-refractivity contribution < 1.29 is 4.79 Å². The number of benzene rings is 1. The summed E-state index contributed by atoms with van der Waals surface area (Å²) in [5.74, 6) is -0.203. The van der Waals surface area contributed by atoms with E-state index in [1.54, 1.807) is 22.7 Å². The minimum absolute atomic E-state index is 0.203. The number of anilines is 1. The van der Waals surface area contributed by atoms with Crippen LogP contribution in [-0.4, -0.2) is 15.3 Å². The van der Waals surface area contributed by atoms with Crippen LogP contribution < -0.4 is 5.32 Å². The van der Waals surface area contributed by atoms with E-state index in [4.69, 9.17) is 11.6 Å². The number of carbonyl (C=O) groups is 1. The Bertz CT molecular complexity index is 821. The molecule has 21 heavy (non-hydrogen) atoms. The summed E-state index contributed by atoms with van der Waals surface area (Å²) < 4.78 is 1.71. The number of hydrogen-bond acceptors (Lipinski definition) is 2. The van der Waals surface area contributed by atoms with Gasteiger partial charge in [-0.15, -0.1) is 0 Å². The van der Waals surface area contributed by atoms with E-state index in [-0.39, 0.29) is 5.91 Å². The van der Waals surface area contributed by atoms with E-state index in [2.05, 4.69) is 10.3 Å². The lowest BCUT2D eigenvalue weighted by atomic mass is 10.2. The highest BCUT2D eigenvalue weighted by Crippen LogP contribution is 2.18. The lowest BCUT2D eigenvalue weighted by molar-refractivity contribution is 0.102. The van der Waals surface area contributed by atoms with E-state index in [1.807, 2.05) is 38.1 Å². The molecule has 1 amide bonds. The minimum Gasteiger partial charge on any atom is -0.321 e. The minimum atomic E-state index is -0.203. The molecule has 0 spiro atoms. The van der Waals surface area contributed by atoms with Crippen molar-refractivity contribution >= 4 is 28.8 Å². The molecule has 0 atom stereocenters. The van der Waals surface area contributed by atoms with Gasteiger partial charge in [0.15, 0.2) is 0 Å². The molecular weight excluding hydrogens is 286 g/mol. The van der Waals surface area contributed by atoms with Gasteiger partial charge in [0.05, 0.1) is 10.7 Å². The van der Waals surface area contributed by atoms with Gasteiger partial charge in [-0.3, -0.25) is 9.20 Å². The Balaban J connectivity index is 1.99. The SMILES string of the molecule is Cc1ccc(NC(=O)c2c(C)nc3ccc(Cl)cn23)cc1. The van der Waals surface area contributed by atoms with Crippen LogP contribution in [0.1, 0.15) is 21.7 Å². The van der Waals surface area contributed by atoms with Crippen LogP contribution in [-0.2, 0) is 0 Å². The number of aryl methyl sites for hydroxylation is 2. The summed E-state index contributed by atoms with van der Waals surface area (Å²) >= 11 is 6.00. The molecule has 2 aromatic heterocycles. The fraction of sp³-hybridized carbons (Fsp3) is 0.125. The summed E-state index contributed by atoms with van der Waals surface area (Å²) in [6.07, 6.45) is 1.70. The molecule has 0 saturated carbocycles. The lowest BCUT2D eigenvalue weighted by Crippen LogP contribution is -2.15. The van der Waals surface area contributed by atoms with Crippen LogP contribution in [0.3, 0.4) is 0 Å². The number of hydrogen-bond donors (Lipinski definition) is 1. The molecule has 1 N–H and O–H groups in total. The van der Waals surface area contributed by atoms with E-state index in [9.17, 15) is 4.79 Å². The molecule has 4 nitrogen and oxygen atoms in total. The molecule has 5 heteroatoms. The number of nitrogens with one attached hydrogen (secondary N) is 1. The maximum atomic E-state index is 12.5. The molecule has 3 aromatic rings. The quantitative estimate of drug-likeness (QED) is 0.781. The first kappa shape index (κ1) is 13.6. The smallest absolute Gasteiger partial charge is 0.274 e. The maximum Gasteiger partial charge on any atom is 0.274 e. The first-order valence-corrected chi connectivity index (χ1v) is 6.94. The Kier molecular flexibility index (Phi) is 3.39. The van der Waals surface area contributed by atoms with Crippen molar-refractivity contribution in [3.05, 3.63) is 64.6 Å². The summed E-state index contributed by atoms with van der Waals surface area (Å²) in [5, 5.41) is 3.44. The molecule has 0 fully saturated rings. The van der Waals surface area contributed by atoms with Crippen LogP contribution >= 0.6 is 11.6 Å². The second kappa shape index (κ2) is 5.22. The van der Waals surface area contributed by atoms with Crippen molar-refractivity contribution in [2.45, 2.75) is 13.8 Å². The van der Waals surface area contributed by atoms with E-state index in [1.165, 1.54) is 0 Å². The fourth-order valence-corrected chi connectivity index (χ4v) is 2.40. The Morgan fingerprint density at radius 2 is 1.86 bits per heavy atom. The number of halogens is 1. The van der Waals surface area contributed by atoms with Gasteiger partial charge in [-0.2, -0.15) is 0 Å². The second-order valence-electron chi connectivity index (χ2n) is 4.94. The third-order valence-corrected chi connectivity index (χ3v) is 3.50. The molecule has 0 saturated heterocycles. The van der Waals surface area contributed by atoms with Crippen molar-refractivity contribution in [3.8, 4) is 0 Å². The van der Waals surface area contributed by atoms with Crippen LogP contribution in [0.25, 0.3) is 5.65 Å². The molecule has 0 aliphatic carbocycles. The van der Waals surface area contributed by atoms with E-state index in [0.29, 0.717) is 22.1 Å². The van der Waals surface area contributed by atoms with E-state index in [0.717, 1.165) is 11.3 Å². The molecule has 2 heterocycles. The van der Waals surface area contributed by atoms with Crippen LogP contribution in [0, 0.1) is 13.8 Å². The molecule has 0 radical (unpaired) electrons. The number of aromatic nitrogens is 2. The van der Waals surface area contributed by atoms with Crippen molar-refractivity contribution in [1.29, 1.82) is 0 Å². The van der Waals surface area contributed by atoms with Gasteiger partial charge in [0.2, 0.25) is 0 Å². The van der Waals surface area contributed by atoms with Crippen molar-refractivity contribution in [1.82, 2.24) is 9.38 Å². The first-order valence-electron chi connectivity index (χ1n) is 6.57. The molecule has 1 aromatic carbocycles. The number of carbonyl (C=O) groups excluding carboxylic acids is 1. The van der Waals surface area contributed by atoms with Gasteiger partial charge in [-0.1, -0.05) is 29.3 Å². The normalized spacial score (nSPS) is 10.8. The molecule has 0 unspecified atom stereocenters. The average Bonchev–Trinajstić information content (AvgIpc) is 2.76. The van der Waals surface area contributed by atoms with E-state index >= 15 is 0 Å². The van der Waals surface area contributed by atoms with Gasteiger partial charge in [0, 0.05) is 11.9 Å². The number of fused-ring (bicyclic) bond motifs is 1. The Hall–Kier alpha value is -2.33. The van der Waals surface area contributed by atoms with E-state index < -0.39 is 0 Å². The third kappa shape index (κ3) is 2.62. The van der Waals surface area contributed by atoms with Crippen LogP contribution in [0.5, 0.6) is 0 Å². The first-order chi connectivity index (χ1) is 10.0. The highest BCUT2D eigenvalue weighted by Gasteiger charge is 2.16. The van der Waals surface area contributed by atoms with Crippen LogP contribution in [0.4, 0.5) is 5.69 Å². The number of nitrogens with zero attached hydrogens (tertiary/aromatic N) is 2. The third-order valence-electron chi connectivity index (χ3n) is 3.28. The summed E-state index contributed by atoms with van der Waals surface area (Å²) in [6, 6.07) is 11.2.